The van der Waals surface area contributed by atoms with E-state index in [9.17, 15) is 4.39 Å². The molecule has 1 heteroatoms. The van der Waals surface area contributed by atoms with Crippen LogP contribution in [0.3, 0.4) is 0 Å². The van der Waals surface area contributed by atoms with E-state index in [4.69, 9.17) is 0 Å². The fourth-order valence-electron chi connectivity index (χ4n) is 2.27. The number of halogens is 1. The van der Waals surface area contributed by atoms with Crippen LogP contribution < -0.4 is 0 Å². The van der Waals surface area contributed by atoms with Gasteiger partial charge >= 0.3 is 0 Å². The molecule has 0 aromatic heterocycles. The first kappa shape index (κ1) is 10.0. The molecule has 0 aromatic carbocycles. The minimum Gasteiger partial charge on any atom is -0.250 e. The molecule has 0 saturated heterocycles. The van der Waals surface area contributed by atoms with E-state index in [1.54, 1.807) is 0 Å². The highest BCUT2D eigenvalue weighted by Crippen LogP contribution is 2.55. The molecular weight excluding hydrogens is 151 g/mol. The fraction of sp³-hybridized carbons (Fsp3) is 1.00. The van der Waals surface area contributed by atoms with Crippen LogP contribution in [0.15, 0.2) is 0 Å². The average Bonchev–Trinajstić information content (AvgIpc) is 2.85. The van der Waals surface area contributed by atoms with Crippen molar-refractivity contribution in [3.8, 4) is 0 Å². The number of hydrogen-bond donors (Lipinski definition) is 0. The Morgan fingerprint density at radius 1 is 1.17 bits per heavy atom. The van der Waals surface area contributed by atoms with Crippen LogP contribution in [0, 0.1) is 11.3 Å². The van der Waals surface area contributed by atoms with E-state index in [1.165, 1.54) is 25.7 Å². The van der Waals surface area contributed by atoms with Gasteiger partial charge in [0.25, 0.3) is 0 Å². The van der Waals surface area contributed by atoms with Gasteiger partial charge in [0, 0.05) is 5.41 Å². The zero-order chi connectivity index (χ0) is 9.03. The summed E-state index contributed by atoms with van der Waals surface area (Å²) in [5.41, 5.74) is 0.145. The van der Waals surface area contributed by atoms with E-state index < -0.39 is 0 Å². The Balaban J connectivity index is 2.41. The normalized spacial score (nSPS) is 20.0. The SMILES string of the molecule is CCCC(CCC)C1(CF)CC1. The summed E-state index contributed by atoms with van der Waals surface area (Å²) in [6.07, 6.45) is 7.19. The van der Waals surface area contributed by atoms with Crippen LogP contribution in [0.5, 0.6) is 0 Å². The van der Waals surface area contributed by atoms with Gasteiger partial charge in [-0.25, -0.2) is 0 Å². The molecule has 1 rings (SSSR count). The maximum atomic E-state index is 12.7. The smallest absolute Gasteiger partial charge is 0.0953 e. The van der Waals surface area contributed by atoms with Gasteiger partial charge in [0.05, 0.1) is 6.67 Å². The summed E-state index contributed by atoms with van der Waals surface area (Å²) in [5, 5.41) is 0. The molecule has 0 amide bonds. The molecule has 0 heterocycles. The van der Waals surface area contributed by atoms with Gasteiger partial charge in [-0.3, -0.25) is 4.39 Å². The molecule has 12 heavy (non-hydrogen) atoms. The van der Waals surface area contributed by atoms with Gasteiger partial charge in [0.15, 0.2) is 0 Å². The van der Waals surface area contributed by atoms with Crippen LogP contribution in [-0.2, 0) is 0 Å². The lowest BCUT2D eigenvalue weighted by molar-refractivity contribution is 0.209. The molecule has 0 nitrogen and oxygen atoms in total. The summed E-state index contributed by atoms with van der Waals surface area (Å²) in [4.78, 5) is 0. The summed E-state index contributed by atoms with van der Waals surface area (Å²) < 4.78 is 12.7. The van der Waals surface area contributed by atoms with Crippen LogP contribution >= 0.6 is 0 Å². The van der Waals surface area contributed by atoms with Crippen molar-refractivity contribution in [3.63, 3.8) is 0 Å². The van der Waals surface area contributed by atoms with Crippen molar-refractivity contribution < 1.29 is 4.39 Å². The fourth-order valence-corrected chi connectivity index (χ4v) is 2.27. The Bertz CT molecular complexity index is 121. The lowest BCUT2D eigenvalue weighted by Crippen LogP contribution is -2.17. The summed E-state index contributed by atoms with van der Waals surface area (Å²) in [6, 6.07) is 0. The third-order valence-electron chi connectivity index (χ3n) is 3.30. The lowest BCUT2D eigenvalue weighted by Gasteiger charge is -2.23. The lowest BCUT2D eigenvalue weighted by atomic mass is 9.83. The molecule has 1 saturated carbocycles. The topological polar surface area (TPSA) is 0 Å². The van der Waals surface area contributed by atoms with Gasteiger partial charge in [-0.15, -0.1) is 0 Å². The van der Waals surface area contributed by atoms with Gasteiger partial charge < -0.3 is 0 Å². The summed E-state index contributed by atoms with van der Waals surface area (Å²) >= 11 is 0. The van der Waals surface area contributed by atoms with E-state index >= 15 is 0 Å². The molecule has 0 bridgehead atoms. The van der Waals surface area contributed by atoms with Gasteiger partial charge in [-0.1, -0.05) is 39.5 Å². The quantitative estimate of drug-likeness (QED) is 0.569. The summed E-state index contributed by atoms with van der Waals surface area (Å²) in [6.45, 7) is 4.34. The highest BCUT2D eigenvalue weighted by Gasteiger charge is 2.48. The van der Waals surface area contributed by atoms with E-state index in [2.05, 4.69) is 13.8 Å². The van der Waals surface area contributed by atoms with Crippen molar-refractivity contribution in [1.82, 2.24) is 0 Å². The van der Waals surface area contributed by atoms with Crippen molar-refractivity contribution in [2.75, 3.05) is 6.67 Å². The molecule has 0 aromatic rings. The first-order valence-corrected chi connectivity index (χ1v) is 5.35. The van der Waals surface area contributed by atoms with Crippen LogP contribution in [0.25, 0.3) is 0 Å². The summed E-state index contributed by atoms with van der Waals surface area (Å²) in [5.74, 6) is 0.678. The number of hydrogen-bond acceptors (Lipinski definition) is 0. The highest BCUT2D eigenvalue weighted by molar-refractivity contribution is 4.97. The second-order valence-corrected chi connectivity index (χ2v) is 4.27. The second-order valence-electron chi connectivity index (χ2n) is 4.27. The Hall–Kier alpha value is -0.0700. The highest BCUT2D eigenvalue weighted by atomic mass is 19.1. The molecule has 0 atom stereocenters. The van der Waals surface area contributed by atoms with Crippen molar-refractivity contribution in [2.24, 2.45) is 11.3 Å². The molecule has 0 unspecified atom stereocenters. The minimum absolute atomic E-state index is 0.0718. The first-order chi connectivity index (χ1) is 5.79. The van der Waals surface area contributed by atoms with Gasteiger partial charge in [-0.05, 0) is 18.8 Å². The van der Waals surface area contributed by atoms with E-state index in [1.807, 2.05) is 0 Å². The average molecular weight is 172 g/mol. The van der Waals surface area contributed by atoms with E-state index in [0.29, 0.717) is 5.92 Å². The molecule has 1 fully saturated rings. The van der Waals surface area contributed by atoms with Gasteiger partial charge in [0.2, 0.25) is 0 Å². The van der Waals surface area contributed by atoms with Crippen molar-refractivity contribution in [3.05, 3.63) is 0 Å². The molecule has 0 N–H and O–H groups in total. The van der Waals surface area contributed by atoms with E-state index in [0.717, 1.165) is 12.8 Å². The zero-order valence-electron chi connectivity index (χ0n) is 8.41. The first-order valence-electron chi connectivity index (χ1n) is 5.35. The summed E-state index contributed by atoms with van der Waals surface area (Å²) in [7, 11) is 0. The van der Waals surface area contributed by atoms with Gasteiger partial charge in [0.1, 0.15) is 0 Å². The Morgan fingerprint density at radius 3 is 1.92 bits per heavy atom. The molecule has 0 aliphatic heterocycles. The molecule has 1 aliphatic rings. The van der Waals surface area contributed by atoms with Crippen molar-refractivity contribution >= 4 is 0 Å². The molecule has 1 aliphatic carbocycles. The maximum Gasteiger partial charge on any atom is 0.0953 e. The monoisotopic (exact) mass is 172 g/mol. The largest absolute Gasteiger partial charge is 0.250 e. The predicted molar refractivity (Wildman–Crippen MR) is 50.9 cm³/mol. The number of rotatable bonds is 6. The third-order valence-corrected chi connectivity index (χ3v) is 3.30. The molecule has 0 spiro atoms. The predicted octanol–water partition coefficient (Wildman–Crippen LogP) is 3.95. The zero-order valence-corrected chi connectivity index (χ0v) is 8.41. The second kappa shape index (κ2) is 4.25. The maximum absolute atomic E-state index is 12.7. The molecule has 72 valence electrons. The van der Waals surface area contributed by atoms with Crippen LogP contribution in [0.4, 0.5) is 4.39 Å². The van der Waals surface area contributed by atoms with Crippen molar-refractivity contribution in [2.45, 2.75) is 52.4 Å². The minimum atomic E-state index is -0.0718. The standard InChI is InChI=1S/C11H21F/c1-3-5-10(6-4-2)11(9-12)7-8-11/h10H,3-9H2,1-2H3. The van der Waals surface area contributed by atoms with E-state index in [-0.39, 0.29) is 12.1 Å². The Labute approximate surface area is 75.5 Å². The van der Waals surface area contributed by atoms with Crippen molar-refractivity contribution in [1.29, 1.82) is 0 Å². The molecular formula is C11H21F. The van der Waals surface area contributed by atoms with Gasteiger partial charge in [-0.2, -0.15) is 0 Å². The van der Waals surface area contributed by atoms with Crippen LogP contribution in [0.1, 0.15) is 52.4 Å². The Kier molecular flexibility index (Phi) is 3.54. The van der Waals surface area contributed by atoms with Crippen LogP contribution in [0.2, 0.25) is 0 Å². The number of alkyl halides is 1. The Morgan fingerprint density at radius 2 is 1.67 bits per heavy atom. The molecule has 0 radical (unpaired) electrons. The third kappa shape index (κ3) is 1.99. The van der Waals surface area contributed by atoms with Crippen LogP contribution in [-0.4, -0.2) is 6.67 Å².